The van der Waals surface area contributed by atoms with E-state index in [0.29, 0.717) is 29.0 Å². The molecule has 0 bridgehead atoms. The Bertz CT molecular complexity index is 878. The number of benzene rings is 2. The molecule has 28 heavy (non-hydrogen) atoms. The molecule has 0 N–H and O–H groups in total. The van der Waals surface area contributed by atoms with Crippen LogP contribution in [0.4, 0.5) is 0 Å². The van der Waals surface area contributed by atoms with Crippen molar-refractivity contribution in [3.8, 4) is 5.75 Å². The third kappa shape index (κ3) is 5.22. The van der Waals surface area contributed by atoms with Gasteiger partial charge in [-0.05, 0) is 31.1 Å². The van der Waals surface area contributed by atoms with Crippen LogP contribution in [-0.4, -0.2) is 35.4 Å². The SMILES string of the molecule is COCCCN1C(=O)C(=Cc2ccccc2OCc2ccc(C)cc2)SC1=S. The fourth-order valence-corrected chi connectivity index (χ4v) is 4.08. The number of amides is 1. The van der Waals surface area contributed by atoms with Crippen LogP contribution in [0.15, 0.2) is 53.4 Å². The van der Waals surface area contributed by atoms with Crippen LogP contribution >= 0.6 is 24.0 Å². The quantitative estimate of drug-likeness (QED) is 0.353. The number of hydrogen-bond donors (Lipinski definition) is 0. The second-order valence-electron chi connectivity index (χ2n) is 6.49. The van der Waals surface area contributed by atoms with Gasteiger partial charge in [-0.1, -0.05) is 72.0 Å². The molecule has 1 saturated heterocycles. The Balaban J connectivity index is 1.72. The molecule has 1 aliphatic rings. The lowest BCUT2D eigenvalue weighted by molar-refractivity contribution is -0.122. The molecule has 0 aromatic heterocycles. The summed E-state index contributed by atoms with van der Waals surface area (Å²) < 4.78 is 11.7. The van der Waals surface area contributed by atoms with Crippen molar-refractivity contribution in [3.05, 3.63) is 70.1 Å². The van der Waals surface area contributed by atoms with E-state index >= 15 is 0 Å². The van der Waals surface area contributed by atoms with Gasteiger partial charge in [-0.3, -0.25) is 9.69 Å². The Labute approximate surface area is 175 Å². The van der Waals surface area contributed by atoms with Gasteiger partial charge in [0.25, 0.3) is 5.91 Å². The predicted molar refractivity (Wildman–Crippen MR) is 118 cm³/mol. The van der Waals surface area contributed by atoms with Crippen LogP contribution in [0.25, 0.3) is 6.08 Å². The minimum Gasteiger partial charge on any atom is -0.488 e. The first-order valence-electron chi connectivity index (χ1n) is 9.10. The number of carbonyl (C=O) groups excluding carboxylic acids is 1. The largest absolute Gasteiger partial charge is 0.488 e. The van der Waals surface area contributed by atoms with Gasteiger partial charge in [-0.25, -0.2) is 0 Å². The van der Waals surface area contributed by atoms with Crippen molar-refractivity contribution in [2.24, 2.45) is 0 Å². The molecule has 4 nitrogen and oxygen atoms in total. The summed E-state index contributed by atoms with van der Waals surface area (Å²) >= 11 is 6.71. The van der Waals surface area contributed by atoms with Crippen LogP contribution in [0, 0.1) is 6.92 Å². The molecule has 146 valence electrons. The standard InChI is InChI=1S/C22H23NO3S2/c1-16-8-10-17(11-9-16)15-26-19-7-4-3-6-18(19)14-20-21(24)23(22(27)28-20)12-5-13-25-2/h3-4,6-11,14H,5,12-13,15H2,1-2H3. The van der Waals surface area contributed by atoms with Crippen LogP contribution in [0.3, 0.4) is 0 Å². The van der Waals surface area contributed by atoms with Gasteiger partial charge in [0.05, 0.1) is 4.91 Å². The fraction of sp³-hybridized carbons (Fsp3) is 0.273. The first-order chi connectivity index (χ1) is 13.6. The number of methoxy groups -OCH3 is 1. The third-order valence-corrected chi connectivity index (χ3v) is 5.70. The topological polar surface area (TPSA) is 38.8 Å². The number of nitrogens with zero attached hydrogens (tertiary/aromatic N) is 1. The number of rotatable bonds is 8. The fourth-order valence-electron chi connectivity index (χ4n) is 2.78. The van der Waals surface area contributed by atoms with Crippen molar-refractivity contribution >= 4 is 40.3 Å². The molecule has 0 spiro atoms. The van der Waals surface area contributed by atoms with Gasteiger partial charge in [0.2, 0.25) is 0 Å². The lowest BCUT2D eigenvalue weighted by Gasteiger charge is -2.13. The molecule has 2 aromatic carbocycles. The summed E-state index contributed by atoms with van der Waals surface area (Å²) in [7, 11) is 1.65. The molecule has 0 atom stereocenters. The van der Waals surface area contributed by atoms with E-state index in [0.717, 1.165) is 23.3 Å². The lowest BCUT2D eigenvalue weighted by atomic mass is 10.1. The highest BCUT2D eigenvalue weighted by Gasteiger charge is 2.31. The molecular weight excluding hydrogens is 390 g/mol. The number of ether oxygens (including phenoxy) is 2. The number of thiocarbonyl (C=S) groups is 1. The van der Waals surface area contributed by atoms with Gasteiger partial charge < -0.3 is 9.47 Å². The molecule has 3 rings (SSSR count). The summed E-state index contributed by atoms with van der Waals surface area (Å²) in [6.07, 6.45) is 2.62. The molecular formula is C22H23NO3S2. The summed E-state index contributed by atoms with van der Waals surface area (Å²) in [6.45, 7) is 3.71. The third-order valence-electron chi connectivity index (χ3n) is 4.32. The van der Waals surface area contributed by atoms with E-state index in [9.17, 15) is 4.79 Å². The Hall–Kier alpha value is -2.15. The normalized spacial score (nSPS) is 15.5. The predicted octanol–water partition coefficient (Wildman–Crippen LogP) is 4.81. The van der Waals surface area contributed by atoms with Crippen LogP contribution < -0.4 is 4.74 Å². The average Bonchev–Trinajstić information content (AvgIpc) is 2.96. The van der Waals surface area contributed by atoms with Gasteiger partial charge in [-0.15, -0.1) is 0 Å². The van der Waals surface area contributed by atoms with Crippen molar-refractivity contribution in [1.82, 2.24) is 4.90 Å². The Morgan fingerprint density at radius 2 is 1.89 bits per heavy atom. The van der Waals surface area contributed by atoms with E-state index in [2.05, 4.69) is 31.2 Å². The van der Waals surface area contributed by atoms with Crippen molar-refractivity contribution in [1.29, 1.82) is 0 Å². The minimum absolute atomic E-state index is 0.0561. The molecule has 0 aliphatic carbocycles. The van der Waals surface area contributed by atoms with E-state index < -0.39 is 0 Å². The highest BCUT2D eigenvalue weighted by atomic mass is 32.2. The van der Waals surface area contributed by atoms with Gasteiger partial charge >= 0.3 is 0 Å². The van der Waals surface area contributed by atoms with Crippen LogP contribution in [0.1, 0.15) is 23.1 Å². The first kappa shape index (κ1) is 20.6. The second-order valence-corrected chi connectivity index (χ2v) is 8.17. The Morgan fingerprint density at radius 1 is 1.14 bits per heavy atom. The Kier molecular flexibility index (Phi) is 7.25. The molecule has 0 saturated carbocycles. The summed E-state index contributed by atoms with van der Waals surface area (Å²) in [5, 5.41) is 0. The van der Waals surface area contributed by atoms with Crippen LogP contribution in [-0.2, 0) is 16.1 Å². The molecule has 1 aliphatic heterocycles. The maximum atomic E-state index is 12.7. The van der Waals surface area contributed by atoms with Crippen molar-refractivity contribution < 1.29 is 14.3 Å². The van der Waals surface area contributed by atoms with Gasteiger partial charge in [0.15, 0.2) is 0 Å². The first-order valence-corrected chi connectivity index (χ1v) is 10.3. The smallest absolute Gasteiger partial charge is 0.266 e. The van der Waals surface area contributed by atoms with Crippen molar-refractivity contribution in [2.45, 2.75) is 20.0 Å². The zero-order valence-corrected chi connectivity index (χ0v) is 17.6. The number of aryl methyl sites for hydroxylation is 1. The van der Waals surface area contributed by atoms with E-state index in [-0.39, 0.29) is 5.91 Å². The molecule has 0 radical (unpaired) electrons. The van der Waals surface area contributed by atoms with Crippen LogP contribution in [0.5, 0.6) is 5.75 Å². The number of hydrogen-bond acceptors (Lipinski definition) is 5. The molecule has 0 unspecified atom stereocenters. The summed E-state index contributed by atoms with van der Waals surface area (Å²) in [5.74, 6) is 0.687. The molecule has 2 aromatic rings. The summed E-state index contributed by atoms with van der Waals surface area (Å²) in [5.41, 5.74) is 3.19. The van der Waals surface area contributed by atoms with E-state index in [1.165, 1.54) is 17.3 Å². The number of thioether (sulfide) groups is 1. The molecule has 1 heterocycles. The molecule has 1 amide bonds. The highest BCUT2D eigenvalue weighted by molar-refractivity contribution is 8.26. The highest BCUT2D eigenvalue weighted by Crippen LogP contribution is 2.34. The van der Waals surface area contributed by atoms with Gasteiger partial charge in [0.1, 0.15) is 16.7 Å². The monoisotopic (exact) mass is 413 g/mol. The second kappa shape index (κ2) is 9.87. The molecule has 1 fully saturated rings. The van der Waals surface area contributed by atoms with E-state index in [4.69, 9.17) is 21.7 Å². The summed E-state index contributed by atoms with van der Waals surface area (Å²) in [6, 6.07) is 16.0. The zero-order chi connectivity index (χ0) is 19.9. The average molecular weight is 414 g/mol. The summed E-state index contributed by atoms with van der Waals surface area (Å²) in [4.78, 5) is 15.0. The molecule has 6 heteroatoms. The van der Waals surface area contributed by atoms with Crippen molar-refractivity contribution in [3.63, 3.8) is 0 Å². The van der Waals surface area contributed by atoms with E-state index in [1.54, 1.807) is 12.0 Å². The minimum atomic E-state index is -0.0561. The number of carbonyl (C=O) groups is 1. The zero-order valence-electron chi connectivity index (χ0n) is 16.0. The number of para-hydroxylation sites is 1. The van der Waals surface area contributed by atoms with Crippen LogP contribution in [0.2, 0.25) is 0 Å². The Morgan fingerprint density at radius 3 is 2.64 bits per heavy atom. The lowest BCUT2D eigenvalue weighted by Crippen LogP contribution is -2.29. The van der Waals surface area contributed by atoms with Gasteiger partial charge in [0, 0.05) is 25.8 Å². The van der Waals surface area contributed by atoms with E-state index in [1.807, 2.05) is 30.3 Å². The maximum absolute atomic E-state index is 12.7. The van der Waals surface area contributed by atoms with Gasteiger partial charge in [-0.2, -0.15) is 0 Å². The van der Waals surface area contributed by atoms with Crippen molar-refractivity contribution in [2.75, 3.05) is 20.3 Å². The maximum Gasteiger partial charge on any atom is 0.266 e.